The molecule has 0 heterocycles. The Bertz CT molecular complexity index is 654. The lowest BCUT2D eigenvalue weighted by Crippen LogP contribution is -2.28. The molecule has 1 N–H and O–H groups in total. The molecule has 0 saturated carbocycles. The van der Waals surface area contributed by atoms with Crippen molar-refractivity contribution in [3.8, 4) is 0 Å². The van der Waals surface area contributed by atoms with Gasteiger partial charge in [-0.25, -0.2) is 13.1 Å². The lowest BCUT2D eigenvalue weighted by molar-refractivity contribution is 0.550. The zero-order chi connectivity index (χ0) is 14.6. The number of hydrogen-bond donors (Lipinski definition) is 1. The van der Waals surface area contributed by atoms with E-state index >= 15 is 0 Å². The molecule has 0 saturated heterocycles. The molecule has 0 aliphatic heterocycles. The van der Waals surface area contributed by atoms with Crippen molar-refractivity contribution in [1.29, 1.82) is 0 Å². The topological polar surface area (TPSA) is 46.2 Å². The molecule has 1 atom stereocenters. The lowest BCUT2D eigenvalue weighted by atomic mass is 10.1. The van der Waals surface area contributed by atoms with Crippen LogP contribution in [0.15, 0.2) is 59.5 Å². The van der Waals surface area contributed by atoms with Crippen molar-refractivity contribution in [2.75, 3.05) is 0 Å². The summed E-state index contributed by atoms with van der Waals surface area (Å²) in [7, 11) is -3.55. The van der Waals surface area contributed by atoms with Crippen LogP contribution in [0.4, 0.5) is 0 Å². The van der Waals surface area contributed by atoms with Crippen LogP contribution in [0, 0.1) is 0 Å². The van der Waals surface area contributed by atoms with E-state index in [0.717, 1.165) is 5.56 Å². The van der Waals surface area contributed by atoms with Gasteiger partial charge in [0, 0.05) is 11.1 Å². The van der Waals surface area contributed by atoms with Gasteiger partial charge < -0.3 is 0 Å². The molecular weight excluding hydrogens is 294 g/mol. The second kappa shape index (κ2) is 6.39. The number of sulfonamides is 1. The fraction of sp³-hybridized carbons (Fsp3) is 0.200. The van der Waals surface area contributed by atoms with E-state index in [2.05, 4.69) is 4.72 Å². The number of rotatable bonds is 5. The lowest BCUT2D eigenvalue weighted by Gasteiger charge is -2.17. The van der Waals surface area contributed by atoms with E-state index in [0.29, 0.717) is 11.4 Å². The molecule has 0 radical (unpaired) electrons. The average Bonchev–Trinajstić information content (AvgIpc) is 2.46. The van der Waals surface area contributed by atoms with Gasteiger partial charge in [-0.05, 0) is 36.2 Å². The highest BCUT2D eigenvalue weighted by atomic mass is 35.5. The van der Waals surface area contributed by atoms with Crippen LogP contribution in [-0.4, -0.2) is 8.42 Å². The normalized spacial score (nSPS) is 13.1. The van der Waals surface area contributed by atoms with E-state index in [1.165, 1.54) is 12.1 Å². The molecule has 3 nitrogen and oxygen atoms in total. The fourth-order valence-corrected chi connectivity index (χ4v) is 3.38. The van der Waals surface area contributed by atoms with Crippen molar-refractivity contribution in [3.63, 3.8) is 0 Å². The van der Waals surface area contributed by atoms with E-state index in [1.807, 2.05) is 37.3 Å². The standard InChI is InChI=1S/C15H16ClNO2S/c1-2-15(12-6-4-3-5-7-12)17-20(18,19)14-10-8-13(16)9-11-14/h3-11,15,17H,2H2,1H3/t15-/m1/s1. The summed E-state index contributed by atoms with van der Waals surface area (Å²) in [4.78, 5) is 0.219. The zero-order valence-corrected chi connectivity index (χ0v) is 12.7. The third-order valence-electron chi connectivity index (χ3n) is 3.03. The number of nitrogens with one attached hydrogen (secondary N) is 1. The van der Waals surface area contributed by atoms with Crippen LogP contribution in [0.5, 0.6) is 0 Å². The van der Waals surface area contributed by atoms with Gasteiger partial charge in [0.05, 0.1) is 4.90 Å². The third-order valence-corrected chi connectivity index (χ3v) is 4.77. The molecule has 5 heteroatoms. The SMILES string of the molecule is CC[C@@H](NS(=O)(=O)c1ccc(Cl)cc1)c1ccccc1. The van der Waals surface area contributed by atoms with Gasteiger partial charge >= 0.3 is 0 Å². The molecule has 0 spiro atoms. The molecule has 2 aromatic rings. The molecular formula is C15H16ClNO2S. The number of hydrogen-bond acceptors (Lipinski definition) is 2. The van der Waals surface area contributed by atoms with E-state index < -0.39 is 10.0 Å². The van der Waals surface area contributed by atoms with Crippen molar-refractivity contribution in [3.05, 3.63) is 65.2 Å². The summed E-state index contributed by atoms with van der Waals surface area (Å²) >= 11 is 5.78. The summed E-state index contributed by atoms with van der Waals surface area (Å²) < 4.78 is 27.4. The second-order valence-corrected chi connectivity index (χ2v) is 6.60. The average molecular weight is 310 g/mol. The minimum absolute atomic E-state index is 0.219. The second-order valence-electron chi connectivity index (χ2n) is 4.45. The minimum Gasteiger partial charge on any atom is -0.207 e. The van der Waals surface area contributed by atoms with Crippen molar-refractivity contribution in [2.24, 2.45) is 0 Å². The van der Waals surface area contributed by atoms with E-state index in [-0.39, 0.29) is 10.9 Å². The third kappa shape index (κ3) is 3.60. The van der Waals surface area contributed by atoms with Crippen molar-refractivity contribution < 1.29 is 8.42 Å². The van der Waals surface area contributed by atoms with Gasteiger partial charge in [0.15, 0.2) is 0 Å². The Balaban J connectivity index is 2.24. The van der Waals surface area contributed by atoms with Gasteiger partial charge in [0.1, 0.15) is 0 Å². The van der Waals surface area contributed by atoms with Crippen LogP contribution in [0.2, 0.25) is 5.02 Å². The first-order valence-corrected chi connectivity index (χ1v) is 8.22. The summed E-state index contributed by atoms with van der Waals surface area (Å²) in [6, 6.07) is 15.4. The first-order chi connectivity index (χ1) is 9.53. The van der Waals surface area contributed by atoms with Crippen LogP contribution in [0.1, 0.15) is 24.9 Å². The van der Waals surface area contributed by atoms with Crippen LogP contribution >= 0.6 is 11.6 Å². The van der Waals surface area contributed by atoms with Crippen LogP contribution in [-0.2, 0) is 10.0 Å². The molecule has 0 unspecified atom stereocenters. The Morgan fingerprint density at radius 1 is 1.05 bits per heavy atom. The Labute approximate surface area is 124 Å². The maximum absolute atomic E-state index is 12.3. The zero-order valence-electron chi connectivity index (χ0n) is 11.1. The maximum atomic E-state index is 12.3. The smallest absolute Gasteiger partial charge is 0.207 e. The predicted octanol–water partition coefficient (Wildman–Crippen LogP) is 3.77. The monoisotopic (exact) mass is 309 g/mol. The highest BCUT2D eigenvalue weighted by Crippen LogP contribution is 2.20. The highest BCUT2D eigenvalue weighted by Gasteiger charge is 2.19. The first-order valence-electron chi connectivity index (χ1n) is 6.36. The van der Waals surface area contributed by atoms with Gasteiger partial charge in [-0.3, -0.25) is 0 Å². The Morgan fingerprint density at radius 3 is 2.20 bits per heavy atom. The quantitative estimate of drug-likeness (QED) is 0.914. The minimum atomic E-state index is -3.55. The summed E-state index contributed by atoms with van der Waals surface area (Å²) in [5, 5.41) is 0.513. The fourth-order valence-electron chi connectivity index (χ4n) is 1.94. The Morgan fingerprint density at radius 2 is 1.65 bits per heavy atom. The van der Waals surface area contributed by atoms with Gasteiger partial charge in [-0.15, -0.1) is 0 Å². The van der Waals surface area contributed by atoms with Gasteiger partial charge in [-0.2, -0.15) is 0 Å². The highest BCUT2D eigenvalue weighted by molar-refractivity contribution is 7.89. The Hall–Kier alpha value is -1.36. The molecule has 106 valence electrons. The summed E-state index contributed by atoms with van der Waals surface area (Å²) in [5.41, 5.74) is 0.951. The summed E-state index contributed by atoms with van der Waals surface area (Å²) in [5.74, 6) is 0. The molecule has 2 rings (SSSR count). The van der Waals surface area contributed by atoms with Crippen LogP contribution < -0.4 is 4.72 Å². The molecule has 0 amide bonds. The predicted molar refractivity (Wildman–Crippen MR) is 81.2 cm³/mol. The maximum Gasteiger partial charge on any atom is 0.241 e. The van der Waals surface area contributed by atoms with Crippen LogP contribution in [0.25, 0.3) is 0 Å². The Kier molecular flexibility index (Phi) is 4.81. The molecule has 20 heavy (non-hydrogen) atoms. The summed E-state index contributed by atoms with van der Waals surface area (Å²) in [6.45, 7) is 1.95. The summed E-state index contributed by atoms with van der Waals surface area (Å²) in [6.07, 6.45) is 0.677. The number of benzene rings is 2. The van der Waals surface area contributed by atoms with Crippen LogP contribution in [0.3, 0.4) is 0 Å². The van der Waals surface area contributed by atoms with E-state index in [4.69, 9.17) is 11.6 Å². The van der Waals surface area contributed by atoms with Gasteiger partial charge in [0.2, 0.25) is 10.0 Å². The molecule has 0 bridgehead atoms. The van der Waals surface area contributed by atoms with Gasteiger partial charge in [-0.1, -0.05) is 48.9 Å². The molecule has 0 fully saturated rings. The van der Waals surface area contributed by atoms with Gasteiger partial charge in [0.25, 0.3) is 0 Å². The first kappa shape index (κ1) is 15.0. The van der Waals surface area contributed by atoms with Crippen molar-refractivity contribution >= 4 is 21.6 Å². The van der Waals surface area contributed by atoms with E-state index in [1.54, 1.807) is 12.1 Å². The number of halogens is 1. The largest absolute Gasteiger partial charge is 0.241 e. The molecule has 0 aromatic heterocycles. The van der Waals surface area contributed by atoms with Crippen molar-refractivity contribution in [2.45, 2.75) is 24.3 Å². The van der Waals surface area contributed by atoms with Crippen molar-refractivity contribution in [1.82, 2.24) is 4.72 Å². The molecule has 0 aliphatic rings. The molecule has 0 aliphatic carbocycles. The van der Waals surface area contributed by atoms with E-state index in [9.17, 15) is 8.42 Å². The molecule has 2 aromatic carbocycles.